The van der Waals surface area contributed by atoms with E-state index >= 15 is 0 Å². The van der Waals surface area contributed by atoms with E-state index in [9.17, 15) is 38.4 Å². The van der Waals surface area contributed by atoms with Crippen molar-refractivity contribution >= 4 is 58.2 Å². The van der Waals surface area contributed by atoms with E-state index in [2.05, 4.69) is 47.5 Å². The lowest BCUT2D eigenvalue weighted by Gasteiger charge is -2.28. The molecule has 17 nitrogen and oxygen atoms in total. The van der Waals surface area contributed by atoms with Gasteiger partial charge in [-0.05, 0) is 56.1 Å². The highest BCUT2D eigenvalue weighted by Gasteiger charge is 2.34. The Hall–Kier alpha value is -5.48. The third kappa shape index (κ3) is 13.4. The van der Waals surface area contributed by atoms with Crippen LogP contribution >= 0.6 is 0 Å². The average Bonchev–Trinajstić information content (AvgIpc) is 3.55. The summed E-state index contributed by atoms with van der Waals surface area (Å²) in [6, 6.07) is 0.732. The van der Waals surface area contributed by atoms with Crippen LogP contribution in [0.1, 0.15) is 80.2 Å². The van der Waals surface area contributed by atoms with Crippen LogP contribution in [0.4, 0.5) is 0 Å². The number of carbonyl (C=O) groups is 8. The van der Waals surface area contributed by atoms with Crippen LogP contribution in [0.3, 0.4) is 0 Å². The number of carbonyl (C=O) groups excluding carboxylic acids is 8. The molecule has 1 aromatic heterocycles. The van der Waals surface area contributed by atoms with Crippen LogP contribution in [0, 0.1) is 17.8 Å². The largest absolute Gasteiger partial charge is 0.361 e. The molecule has 2 aromatic rings. The first-order chi connectivity index (χ1) is 26.4. The van der Waals surface area contributed by atoms with Gasteiger partial charge in [0.2, 0.25) is 47.3 Å². The zero-order chi connectivity index (χ0) is 41.7. The fourth-order valence-electron chi connectivity index (χ4n) is 6.21. The van der Waals surface area contributed by atoms with Crippen molar-refractivity contribution in [3.05, 3.63) is 36.0 Å². The molecule has 0 radical (unpaired) electrons. The summed E-state index contributed by atoms with van der Waals surface area (Å²) >= 11 is 0. The molecule has 7 atom stereocenters. The predicted molar refractivity (Wildman–Crippen MR) is 209 cm³/mol. The first kappa shape index (κ1) is 44.9. The molecule has 0 bridgehead atoms. The number of fused-ring (bicyclic) bond motifs is 1. The third-order valence-electron chi connectivity index (χ3n) is 9.60. The van der Waals surface area contributed by atoms with Crippen molar-refractivity contribution in [3.8, 4) is 0 Å². The maximum atomic E-state index is 13.9. The Morgan fingerprint density at radius 3 is 1.75 bits per heavy atom. The molecular weight excluding hydrogens is 722 g/mol. The molecule has 3 rings (SSSR count). The summed E-state index contributed by atoms with van der Waals surface area (Å²) in [6.07, 6.45) is 2.66. The Morgan fingerprint density at radius 1 is 0.589 bits per heavy atom. The monoisotopic (exact) mass is 781 g/mol. The summed E-state index contributed by atoms with van der Waals surface area (Å²) in [5.41, 5.74) is 1.53. The number of hydrogen-bond donors (Lipinski definition) is 9. The molecular formula is C39H59N9O8. The zero-order valence-corrected chi connectivity index (χ0v) is 33.6. The van der Waals surface area contributed by atoms with Gasteiger partial charge in [-0.15, -0.1) is 0 Å². The molecule has 308 valence electrons. The minimum atomic E-state index is -1.19. The Balaban J connectivity index is 1.94. The van der Waals surface area contributed by atoms with Gasteiger partial charge in [0, 0.05) is 23.5 Å². The fraction of sp³-hybridized carbons (Fsp3) is 0.590. The highest BCUT2D eigenvalue weighted by atomic mass is 16.2. The summed E-state index contributed by atoms with van der Waals surface area (Å²) in [6.45, 7) is 12.8. The molecule has 9 N–H and O–H groups in total. The molecule has 8 amide bonds. The van der Waals surface area contributed by atoms with Gasteiger partial charge in [-0.25, -0.2) is 0 Å². The Morgan fingerprint density at radius 2 is 1.12 bits per heavy atom. The predicted octanol–water partition coefficient (Wildman–Crippen LogP) is 0.0433. The highest BCUT2D eigenvalue weighted by molar-refractivity contribution is 5.98. The van der Waals surface area contributed by atoms with Crippen molar-refractivity contribution in [2.75, 3.05) is 13.1 Å². The van der Waals surface area contributed by atoms with Crippen LogP contribution in [-0.4, -0.2) is 102 Å². The van der Waals surface area contributed by atoms with Gasteiger partial charge in [0.25, 0.3) is 0 Å². The summed E-state index contributed by atoms with van der Waals surface area (Å²) in [5, 5.41) is 21.8. The summed E-state index contributed by atoms with van der Waals surface area (Å²) in [4.78, 5) is 110. The lowest BCUT2D eigenvalue weighted by Crippen LogP contribution is -2.60. The maximum absolute atomic E-state index is 13.9. The second-order valence-electron chi connectivity index (χ2n) is 15.4. The van der Waals surface area contributed by atoms with Gasteiger partial charge in [0.05, 0.1) is 13.1 Å². The van der Waals surface area contributed by atoms with Crippen LogP contribution in [0.5, 0.6) is 0 Å². The van der Waals surface area contributed by atoms with E-state index in [-0.39, 0.29) is 37.0 Å². The molecule has 1 aliphatic heterocycles. The summed E-state index contributed by atoms with van der Waals surface area (Å²) < 4.78 is 0. The van der Waals surface area contributed by atoms with Crippen molar-refractivity contribution < 1.29 is 38.4 Å². The van der Waals surface area contributed by atoms with E-state index in [1.165, 1.54) is 13.8 Å². The summed E-state index contributed by atoms with van der Waals surface area (Å²) in [5.74, 6) is -5.82. The third-order valence-corrected chi connectivity index (χ3v) is 9.60. The van der Waals surface area contributed by atoms with Crippen molar-refractivity contribution in [1.29, 1.82) is 0 Å². The smallest absolute Gasteiger partial charge is 0.243 e. The average molecular weight is 782 g/mol. The second-order valence-corrected chi connectivity index (χ2v) is 15.4. The van der Waals surface area contributed by atoms with E-state index < -0.39 is 96.6 Å². The fourth-order valence-corrected chi connectivity index (χ4v) is 6.21. The van der Waals surface area contributed by atoms with Crippen molar-refractivity contribution in [1.82, 2.24) is 47.5 Å². The van der Waals surface area contributed by atoms with Gasteiger partial charge in [-0.2, -0.15) is 0 Å². The van der Waals surface area contributed by atoms with Gasteiger partial charge in [0.15, 0.2) is 0 Å². The lowest BCUT2D eigenvalue weighted by atomic mass is 9.96. The first-order valence-electron chi connectivity index (χ1n) is 19.3. The quantitative estimate of drug-likeness (QED) is 0.177. The topological polar surface area (TPSA) is 249 Å². The Labute approximate surface area is 327 Å². The molecule has 0 aliphatic carbocycles. The molecule has 1 saturated heterocycles. The van der Waals surface area contributed by atoms with Crippen molar-refractivity contribution in [2.24, 2.45) is 17.8 Å². The Kier molecular flexibility index (Phi) is 16.8. The number of para-hydroxylation sites is 1. The van der Waals surface area contributed by atoms with E-state index in [4.69, 9.17) is 0 Å². The highest BCUT2D eigenvalue weighted by Crippen LogP contribution is 2.20. The number of aromatic amines is 1. The minimum absolute atomic E-state index is 0.0290. The van der Waals surface area contributed by atoms with Gasteiger partial charge in [0.1, 0.15) is 36.3 Å². The number of rotatable bonds is 8. The molecule has 1 aromatic carbocycles. The molecule has 2 heterocycles. The molecule has 17 heteroatoms. The second kappa shape index (κ2) is 21.0. The number of nitrogens with one attached hydrogen (secondary N) is 9. The van der Waals surface area contributed by atoms with Gasteiger partial charge in [-0.1, -0.05) is 66.2 Å². The van der Waals surface area contributed by atoms with E-state index in [1.54, 1.807) is 13.1 Å². The van der Waals surface area contributed by atoms with E-state index in [0.29, 0.717) is 12.0 Å². The maximum Gasteiger partial charge on any atom is 0.243 e. The molecule has 1 aliphatic rings. The van der Waals surface area contributed by atoms with Gasteiger partial charge < -0.3 is 47.5 Å². The number of H-pyrrole nitrogens is 1. The summed E-state index contributed by atoms with van der Waals surface area (Å²) in [7, 11) is 0. The normalized spacial score (nSPS) is 25.2. The minimum Gasteiger partial charge on any atom is -0.361 e. The van der Waals surface area contributed by atoms with E-state index in [1.807, 2.05) is 58.9 Å². The van der Waals surface area contributed by atoms with Gasteiger partial charge in [-0.3, -0.25) is 38.4 Å². The van der Waals surface area contributed by atoms with Gasteiger partial charge >= 0.3 is 0 Å². The number of benzene rings is 1. The van der Waals surface area contributed by atoms with Crippen LogP contribution in [0.2, 0.25) is 0 Å². The standard InChI is InChI=1S/C39H59N9O8/c1-9-22(6)33-39(56)47-28(14-20(2)3)36(53)42-18-31(49)41-19-32(50)45-30(16-25-17-40-27-13-11-10-12-26(25)27)38(55)46-29(15-21(4)5)37(54)44-23(7)34(51)43-24(8)35(52)48-33/h10-13,17,20-24,28-30,33,40H,9,14-16,18-19H2,1-8H3,(H,41,49)(H,42,53)(H,43,51)(H,44,54)(H,45,50)(H,46,55)(H,47,56)(H,48,52). The SMILES string of the molecule is CCC(C)C1NC(=O)C(C)NC(=O)C(C)NC(=O)C(CC(C)C)NC(=O)C(Cc2c[nH]c3ccccc23)NC(=O)CNC(=O)CNC(=O)C(CC(C)C)NC1=O. The molecule has 7 unspecified atom stereocenters. The molecule has 56 heavy (non-hydrogen) atoms. The number of aromatic nitrogens is 1. The Bertz CT molecular complexity index is 1740. The molecule has 0 saturated carbocycles. The van der Waals surface area contributed by atoms with E-state index in [0.717, 1.165) is 10.9 Å². The first-order valence-corrected chi connectivity index (χ1v) is 19.3. The number of amides is 8. The zero-order valence-electron chi connectivity index (χ0n) is 33.6. The van der Waals surface area contributed by atoms with Crippen molar-refractivity contribution in [2.45, 2.75) is 117 Å². The number of hydrogen-bond acceptors (Lipinski definition) is 8. The van der Waals surface area contributed by atoms with Crippen LogP contribution < -0.4 is 42.5 Å². The van der Waals surface area contributed by atoms with Crippen LogP contribution in [-0.2, 0) is 44.8 Å². The van der Waals surface area contributed by atoms with Crippen molar-refractivity contribution in [3.63, 3.8) is 0 Å². The van der Waals surface area contributed by atoms with Crippen LogP contribution in [0.25, 0.3) is 10.9 Å². The molecule has 0 spiro atoms. The lowest BCUT2D eigenvalue weighted by molar-refractivity contribution is -0.136. The van der Waals surface area contributed by atoms with Crippen LogP contribution in [0.15, 0.2) is 30.5 Å². The molecule has 1 fully saturated rings.